The molecule has 1 aromatic carbocycles. The van der Waals surface area contributed by atoms with Crippen molar-refractivity contribution >= 4 is 23.2 Å². The molecule has 2 aromatic heterocycles. The molecule has 0 fully saturated rings. The van der Waals surface area contributed by atoms with Gasteiger partial charge in [0.1, 0.15) is 5.75 Å². The molecule has 25 heavy (non-hydrogen) atoms. The third-order valence-corrected chi connectivity index (χ3v) is 3.66. The van der Waals surface area contributed by atoms with E-state index >= 15 is 0 Å². The Morgan fingerprint density at radius 3 is 2.56 bits per heavy atom. The molecule has 3 aromatic rings. The molecular formula is C16H16N6O3. The van der Waals surface area contributed by atoms with E-state index in [0.717, 1.165) is 15.9 Å². The summed E-state index contributed by atoms with van der Waals surface area (Å²) in [7, 11) is 4.53. The lowest BCUT2D eigenvalue weighted by Crippen LogP contribution is -2.37. The maximum atomic E-state index is 12.2. The fourth-order valence-corrected chi connectivity index (χ4v) is 2.25. The molecule has 0 amide bonds. The molecule has 9 nitrogen and oxygen atoms in total. The van der Waals surface area contributed by atoms with Gasteiger partial charge in [-0.05, 0) is 29.8 Å². The molecular weight excluding hydrogens is 324 g/mol. The van der Waals surface area contributed by atoms with Crippen molar-refractivity contribution in [3.05, 3.63) is 56.9 Å². The van der Waals surface area contributed by atoms with Crippen LogP contribution in [-0.2, 0) is 14.1 Å². The molecule has 0 radical (unpaired) electrons. The van der Waals surface area contributed by atoms with Crippen LogP contribution in [0.3, 0.4) is 0 Å². The van der Waals surface area contributed by atoms with E-state index in [2.05, 4.69) is 20.5 Å². The van der Waals surface area contributed by atoms with Crippen LogP contribution >= 0.6 is 0 Å². The van der Waals surface area contributed by atoms with E-state index in [1.807, 2.05) is 24.3 Å². The summed E-state index contributed by atoms with van der Waals surface area (Å²) in [5, 5.41) is 4.07. The van der Waals surface area contributed by atoms with E-state index in [1.165, 1.54) is 24.9 Å². The van der Waals surface area contributed by atoms with Gasteiger partial charge in [-0.3, -0.25) is 19.4 Å². The highest BCUT2D eigenvalue weighted by molar-refractivity contribution is 5.80. The fourth-order valence-electron chi connectivity index (χ4n) is 2.25. The number of aromatic nitrogens is 4. The Morgan fingerprint density at radius 2 is 1.88 bits per heavy atom. The predicted octanol–water partition coefficient (Wildman–Crippen LogP) is 0.482. The first-order chi connectivity index (χ1) is 12.0. The smallest absolute Gasteiger partial charge is 0.332 e. The molecule has 2 heterocycles. The van der Waals surface area contributed by atoms with Crippen molar-refractivity contribution in [2.45, 2.75) is 0 Å². The number of nitrogens with one attached hydrogen (secondary N) is 1. The fraction of sp³-hybridized carbons (Fsp3) is 0.188. The van der Waals surface area contributed by atoms with Crippen LogP contribution in [0.25, 0.3) is 11.2 Å². The van der Waals surface area contributed by atoms with Crippen LogP contribution in [0.4, 0.5) is 5.82 Å². The van der Waals surface area contributed by atoms with Crippen LogP contribution in [0.5, 0.6) is 5.75 Å². The molecule has 9 heteroatoms. The third kappa shape index (κ3) is 3.11. The van der Waals surface area contributed by atoms with Gasteiger partial charge in [-0.25, -0.2) is 14.8 Å². The standard InChI is InChI=1S/C16H16N6O3/c1-21-14-13(15(23)22(2)16(21)24)19-12(9-17-14)20-18-8-10-4-6-11(25-3)7-5-10/h4-9H,1-3H3,(H,19,20)/b18-8+. The van der Waals surface area contributed by atoms with E-state index in [4.69, 9.17) is 4.74 Å². The molecule has 0 atom stereocenters. The lowest BCUT2D eigenvalue weighted by molar-refractivity contribution is 0.415. The molecule has 0 aliphatic rings. The van der Waals surface area contributed by atoms with Crippen LogP contribution in [0.15, 0.2) is 45.2 Å². The van der Waals surface area contributed by atoms with E-state index in [1.54, 1.807) is 13.3 Å². The average molecular weight is 340 g/mol. The second kappa shape index (κ2) is 6.56. The highest BCUT2D eigenvalue weighted by Gasteiger charge is 2.11. The Morgan fingerprint density at radius 1 is 1.16 bits per heavy atom. The van der Waals surface area contributed by atoms with Gasteiger partial charge >= 0.3 is 5.69 Å². The Kier molecular flexibility index (Phi) is 4.29. The lowest BCUT2D eigenvalue weighted by Gasteiger charge is -2.06. The van der Waals surface area contributed by atoms with Gasteiger partial charge in [-0.2, -0.15) is 5.10 Å². The third-order valence-electron chi connectivity index (χ3n) is 3.66. The second-order valence-electron chi connectivity index (χ2n) is 5.28. The molecule has 0 bridgehead atoms. The van der Waals surface area contributed by atoms with E-state index < -0.39 is 11.2 Å². The second-order valence-corrected chi connectivity index (χ2v) is 5.28. The molecule has 0 unspecified atom stereocenters. The normalized spacial score (nSPS) is 11.2. The van der Waals surface area contributed by atoms with Crippen molar-refractivity contribution < 1.29 is 4.74 Å². The van der Waals surface area contributed by atoms with Crippen molar-refractivity contribution in [3.8, 4) is 5.75 Å². The number of aryl methyl sites for hydroxylation is 1. The lowest BCUT2D eigenvalue weighted by atomic mass is 10.2. The average Bonchev–Trinajstić information content (AvgIpc) is 2.65. The summed E-state index contributed by atoms with van der Waals surface area (Å²) in [5.74, 6) is 1.06. The topological polar surface area (TPSA) is 103 Å². The van der Waals surface area contributed by atoms with Crippen molar-refractivity contribution in [1.29, 1.82) is 0 Å². The summed E-state index contributed by atoms with van der Waals surface area (Å²) in [6.07, 6.45) is 3.01. The van der Waals surface area contributed by atoms with E-state index in [9.17, 15) is 9.59 Å². The zero-order valence-corrected chi connectivity index (χ0v) is 13.9. The van der Waals surface area contributed by atoms with Gasteiger partial charge < -0.3 is 4.74 Å². The number of rotatable bonds is 4. The van der Waals surface area contributed by atoms with Gasteiger partial charge in [-0.15, -0.1) is 0 Å². The highest BCUT2D eigenvalue weighted by atomic mass is 16.5. The van der Waals surface area contributed by atoms with Crippen LogP contribution < -0.4 is 21.4 Å². The molecule has 0 saturated heterocycles. The summed E-state index contributed by atoms with van der Waals surface area (Å²) in [4.78, 5) is 32.4. The number of nitrogens with zero attached hydrogens (tertiary/aromatic N) is 5. The SMILES string of the molecule is COc1ccc(/C=N/Nc2cnc3c(n2)c(=O)n(C)c(=O)n3C)cc1. The maximum absolute atomic E-state index is 12.2. The Bertz CT molecular complexity index is 1070. The summed E-state index contributed by atoms with van der Waals surface area (Å²) in [6, 6.07) is 7.34. The summed E-state index contributed by atoms with van der Waals surface area (Å²) in [6.45, 7) is 0. The minimum absolute atomic E-state index is 0.0919. The van der Waals surface area contributed by atoms with Gasteiger partial charge in [0.15, 0.2) is 17.0 Å². The first-order valence-electron chi connectivity index (χ1n) is 7.37. The zero-order chi connectivity index (χ0) is 18.0. The number of anilines is 1. The van der Waals surface area contributed by atoms with E-state index in [-0.39, 0.29) is 11.2 Å². The minimum Gasteiger partial charge on any atom is -0.497 e. The molecule has 0 aliphatic carbocycles. The summed E-state index contributed by atoms with van der Waals surface area (Å²) < 4.78 is 7.35. The molecule has 0 saturated carbocycles. The first-order valence-corrected chi connectivity index (χ1v) is 7.37. The Hall–Kier alpha value is -3.49. The van der Waals surface area contributed by atoms with Crippen LogP contribution in [0, 0.1) is 0 Å². The van der Waals surface area contributed by atoms with Gasteiger partial charge in [0.05, 0.1) is 19.5 Å². The number of hydrogen-bond donors (Lipinski definition) is 1. The molecule has 0 spiro atoms. The van der Waals surface area contributed by atoms with Crippen molar-refractivity contribution in [2.24, 2.45) is 19.2 Å². The molecule has 0 aliphatic heterocycles. The summed E-state index contributed by atoms with van der Waals surface area (Å²) in [5.41, 5.74) is 2.94. The number of hydrazone groups is 1. The Balaban J connectivity index is 1.88. The predicted molar refractivity (Wildman–Crippen MR) is 94.2 cm³/mol. The zero-order valence-electron chi connectivity index (χ0n) is 13.9. The number of fused-ring (bicyclic) bond motifs is 1. The number of methoxy groups -OCH3 is 1. The van der Waals surface area contributed by atoms with Crippen molar-refractivity contribution in [3.63, 3.8) is 0 Å². The van der Waals surface area contributed by atoms with Crippen LogP contribution in [0.1, 0.15) is 5.56 Å². The largest absolute Gasteiger partial charge is 0.497 e. The molecule has 3 rings (SSSR count). The Labute approximate surface area is 142 Å². The first kappa shape index (κ1) is 16.4. The molecule has 1 N–H and O–H groups in total. The van der Waals surface area contributed by atoms with Crippen LogP contribution in [0.2, 0.25) is 0 Å². The van der Waals surface area contributed by atoms with Gasteiger partial charge in [0.2, 0.25) is 0 Å². The van der Waals surface area contributed by atoms with Gasteiger partial charge in [0, 0.05) is 14.1 Å². The van der Waals surface area contributed by atoms with E-state index in [0.29, 0.717) is 5.82 Å². The minimum atomic E-state index is -0.506. The maximum Gasteiger partial charge on any atom is 0.332 e. The quantitative estimate of drug-likeness (QED) is 0.547. The van der Waals surface area contributed by atoms with Crippen LogP contribution in [-0.4, -0.2) is 32.4 Å². The highest BCUT2D eigenvalue weighted by Crippen LogP contribution is 2.10. The molecule has 128 valence electrons. The summed E-state index contributed by atoms with van der Waals surface area (Å²) >= 11 is 0. The van der Waals surface area contributed by atoms with Crippen molar-refractivity contribution in [1.82, 2.24) is 19.1 Å². The van der Waals surface area contributed by atoms with Crippen molar-refractivity contribution in [2.75, 3.05) is 12.5 Å². The number of benzene rings is 1. The van der Waals surface area contributed by atoms with Gasteiger partial charge in [-0.1, -0.05) is 0 Å². The number of hydrogen-bond acceptors (Lipinski definition) is 7. The monoisotopic (exact) mass is 340 g/mol. The van der Waals surface area contributed by atoms with Gasteiger partial charge in [0.25, 0.3) is 5.56 Å². The number of ether oxygens (including phenoxy) is 1.